The zero-order valence-electron chi connectivity index (χ0n) is 7.77. The Hall–Kier alpha value is -0.300. The van der Waals surface area contributed by atoms with Gasteiger partial charge in [0, 0.05) is 6.61 Å². The van der Waals surface area contributed by atoms with Crippen molar-refractivity contribution < 1.29 is 5.11 Å². The van der Waals surface area contributed by atoms with Crippen LogP contribution in [0.3, 0.4) is 0 Å². The van der Waals surface area contributed by atoms with Gasteiger partial charge in [-0.05, 0) is 38.5 Å². The summed E-state index contributed by atoms with van der Waals surface area (Å²) < 4.78 is 0. The zero-order valence-corrected chi connectivity index (χ0v) is 7.77. The van der Waals surface area contributed by atoms with Gasteiger partial charge in [-0.2, -0.15) is 0 Å². The normalized spacial score (nSPS) is 13.0. The summed E-state index contributed by atoms with van der Waals surface area (Å²) in [5.41, 5.74) is 1.26. The third-order valence-corrected chi connectivity index (χ3v) is 1.92. The lowest BCUT2D eigenvalue weighted by molar-refractivity contribution is 0.272. The molecule has 0 fully saturated rings. The van der Waals surface area contributed by atoms with Crippen LogP contribution in [0.25, 0.3) is 0 Å². The van der Waals surface area contributed by atoms with Crippen LogP contribution < -0.4 is 0 Å². The van der Waals surface area contributed by atoms with Gasteiger partial charge >= 0.3 is 0 Å². The van der Waals surface area contributed by atoms with Gasteiger partial charge in [-0.3, -0.25) is 0 Å². The molecular weight excluding hydrogens is 136 g/mol. The molecule has 0 aromatic heterocycles. The van der Waals surface area contributed by atoms with Crippen LogP contribution in [-0.4, -0.2) is 11.7 Å². The number of allylic oxidation sites excluding steroid dienone is 1. The third-order valence-electron chi connectivity index (χ3n) is 1.92. The number of aliphatic hydroxyl groups is 1. The molecule has 66 valence electrons. The van der Waals surface area contributed by atoms with Crippen molar-refractivity contribution in [3.8, 4) is 0 Å². The van der Waals surface area contributed by atoms with E-state index in [-0.39, 0.29) is 0 Å². The van der Waals surface area contributed by atoms with E-state index in [1.807, 2.05) is 0 Å². The van der Waals surface area contributed by atoms with Crippen molar-refractivity contribution >= 4 is 0 Å². The van der Waals surface area contributed by atoms with E-state index in [0.29, 0.717) is 6.61 Å². The van der Waals surface area contributed by atoms with Crippen molar-refractivity contribution in [2.75, 3.05) is 6.61 Å². The summed E-state index contributed by atoms with van der Waals surface area (Å²) in [6, 6.07) is 0. The number of aliphatic hydroxyl groups excluding tert-OH is 1. The molecule has 1 atom stereocenters. The van der Waals surface area contributed by atoms with E-state index in [4.69, 9.17) is 5.11 Å². The number of hydrogen-bond acceptors (Lipinski definition) is 1. The van der Waals surface area contributed by atoms with Crippen molar-refractivity contribution in [3.05, 3.63) is 12.2 Å². The van der Waals surface area contributed by atoms with Crippen LogP contribution >= 0.6 is 0 Å². The highest BCUT2D eigenvalue weighted by Gasteiger charge is 2.00. The fourth-order valence-corrected chi connectivity index (χ4v) is 1.08. The maximum absolute atomic E-state index is 8.57. The lowest BCUT2D eigenvalue weighted by Gasteiger charge is -2.09. The van der Waals surface area contributed by atoms with E-state index in [0.717, 1.165) is 25.2 Å². The largest absolute Gasteiger partial charge is 0.396 e. The van der Waals surface area contributed by atoms with E-state index < -0.39 is 0 Å². The Morgan fingerprint density at radius 2 is 2.09 bits per heavy atom. The van der Waals surface area contributed by atoms with E-state index in [9.17, 15) is 0 Å². The molecule has 1 N–H and O–H groups in total. The molecule has 0 aliphatic carbocycles. The molecule has 0 saturated carbocycles. The first kappa shape index (κ1) is 10.7. The van der Waals surface area contributed by atoms with Crippen molar-refractivity contribution in [2.45, 2.75) is 39.5 Å². The topological polar surface area (TPSA) is 20.2 Å². The molecule has 1 heteroatoms. The Labute approximate surface area is 70.1 Å². The van der Waals surface area contributed by atoms with Crippen molar-refractivity contribution in [1.82, 2.24) is 0 Å². The SMILES string of the molecule is C=C(C)CC[C@H](C)CCCO. The first-order valence-corrected chi connectivity index (χ1v) is 4.42. The Bertz CT molecular complexity index is 107. The predicted molar refractivity (Wildman–Crippen MR) is 49.5 cm³/mol. The van der Waals surface area contributed by atoms with Crippen LogP contribution in [0.15, 0.2) is 12.2 Å². The monoisotopic (exact) mass is 156 g/mol. The second-order valence-electron chi connectivity index (χ2n) is 3.47. The van der Waals surface area contributed by atoms with Gasteiger partial charge in [-0.1, -0.05) is 12.5 Å². The van der Waals surface area contributed by atoms with E-state index in [2.05, 4.69) is 20.4 Å². The minimum atomic E-state index is 0.331. The number of hydrogen-bond donors (Lipinski definition) is 1. The van der Waals surface area contributed by atoms with Crippen LogP contribution in [-0.2, 0) is 0 Å². The molecule has 0 aliphatic rings. The van der Waals surface area contributed by atoms with Gasteiger partial charge in [0.05, 0.1) is 0 Å². The van der Waals surface area contributed by atoms with E-state index in [1.54, 1.807) is 0 Å². The summed E-state index contributed by atoms with van der Waals surface area (Å²) in [7, 11) is 0. The summed E-state index contributed by atoms with van der Waals surface area (Å²) in [5.74, 6) is 0.735. The van der Waals surface area contributed by atoms with Gasteiger partial charge in [-0.15, -0.1) is 6.58 Å². The molecule has 0 aliphatic heterocycles. The summed E-state index contributed by atoms with van der Waals surface area (Å²) in [4.78, 5) is 0. The molecule has 0 unspecified atom stereocenters. The molecule has 0 bridgehead atoms. The minimum Gasteiger partial charge on any atom is -0.396 e. The first-order chi connectivity index (χ1) is 5.16. The Morgan fingerprint density at radius 3 is 2.55 bits per heavy atom. The molecule has 1 nitrogen and oxygen atoms in total. The molecular formula is C10H20O. The van der Waals surface area contributed by atoms with Gasteiger partial charge in [0.15, 0.2) is 0 Å². The predicted octanol–water partition coefficient (Wildman–Crippen LogP) is 2.75. The molecule has 0 saturated heterocycles. The third kappa shape index (κ3) is 7.60. The Morgan fingerprint density at radius 1 is 1.45 bits per heavy atom. The Balaban J connectivity index is 3.22. The molecule has 0 heterocycles. The quantitative estimate of drug-likeness (QED) is 0.586. The maximum atomic E-state index is 8.57. The van der Waals surface area contributed by atoms with Gasteiger partial charge in [0.25, 0.3) is 0 Å². The van der Waals surface area contributed by atoms with Crippen LogP contribution in [0.4, 0.5) is 0 Å². The maximum Gasteiger partial charge on any atom is 0.0431 e. The lowest BCUT2D eigenvalue weighted by Crippen LogP contribution is -1.96. The van der Waals surface area contributed by atoms with Crippen LogP contribution in [0, 0.1) is 5.92 Å². The average molecular weight is 156 g/mol. The fourth-order valence-electron chi connectivity index (χ4n) is 1.08. The highest BCUT2D eigenvalue weighted by atomic mass is 16.2. The van der Waals surface area contributed by atoms with Gasteiger partial charge < -0.3 is 5.11 Å². The number of rotatable bonds is 6. The lowest BCUT2D eigenvalue weighted by atomic mass is 9.98. The van der Waals surface area contributed by atoms with Gasteiger partial charge in [-0.25, -0.2) is 0 Å². The summed E-state index contributed by atoms with van der Waals surface area (Å²) in [6.07, 6.45) is 4.43. The van der Waals surface area contributed by atoms with Crippen molar-refractivity contribution in [1.29, 1.82) is 0 Å². The minimum absolute atomic E-state index is 0.331. The standard InChI is InChI=1S/C10H20O/c1-9(2)6-7-10(3)5-4-8-11/h10-11H,1,4-8H2,2-3H3/t10-/m1/s1. The van der Waals surface area contributed by atoms with E-state index >= 15 is 0 Å². The van der Waals surface area contributed by atoms with Gasteiger partial charge in [0.1, 0.15) is 0 Å². The molecule has 0 amide bonds. The molecule has 0 aromatic carbocycles. The van der Waals surface area contributed by atoms with Crippen LogP contribution in [0.1, 0.15) is 39.5 Å². The molecule has 0 rings (SSSR count). The second kappa shape index (κ2) is 6.41. The smallest absolute Gasteiger partial charge is 0.0431 e. The molecule has 11 heavy (non-hydrogen) atoms. The first-order valence-electron chi connectivity index (χ1n) is 4.42. The zero-order chi connectivity index (χ0) is 8.69. The average Bonchev–Trinajstić information content (AvgIpc) is 1.97. The molecule has 0 radical (unpaired) electrons. The summed E-state index contributed by atoms with van der Waals surface area (Å²) in [6.45, 7) is 8.49. The van der Waals surface area contributed by atoms with Crippen LogP contribution in [0.2, 0.25) is 0 Å². The van der Waals surface area contributed by atoms with Crippen molar-refractivity contribution in [3.63, 3.8) is 0 Å². The Kier molecular flexibility index (Phi) is 6.24. The molecule has 0 aromatic rings. The van der Waals surface area contributed by atoms with Gasteiger partial charge in [0.2, 0.25) is 0 Å². The van der Waals surface area contributed by atoms with E-state index in [1.165, 1.54) is 12.0 Å². The second-order valence-corrected chi connectivity index (χ2v) is 3.47. The fraction of sp³-hybridized carbons (Fsp3) is 0.800. The highest BCUT2D eigenvalue weighted by Crippen LogP contribution is 2.14. The summed E-state index contributed by atoms with van der Waals surface area (Å²) >= 11 is 0. The molecule has 0 spiro atoms. The highest BCUT2D eigenvalue weighted by molar-refractivity contribution is 4.87. The van der Waals surface area contributed by atoms with Crippen LogP contribution in [0.5, 0.6) is 0 Å². The van der Waals surface area contributed by atoms with Crippen molar-refractivity contribution in [2.24, 2.45) is 5.92 Å². The summed E-state index contributed by atoms with van der Waals surface area (Å²) in [5, 5.41) is 8.57.